The van der Waals surface area contributed by atoms with Gasteiger partial charge in [-0.1, -0.05) is 19.3 Å². The normalized spacial score (nSPS) is 19.4. The fraction of sp³-hybridized carbons (Fsp3) is 0.533. The standard InChI is InChI=1S/C30H37F2N5O4S/c1-30(2,3)41-29(40)33-18-14-20(15-18)37-22-11-10-19(36(4)27(39)17-8-6-5-7-9-17)16-21(22)34-28(37)35-26(38)24-13-12-23(42-24)25(31)32/h10-13,16-18,20,25H,5-9,14-15H2,1-4H3,(H,33,40)(H,34,35,38). The van der Waals surface area contributed by atoms with Crippen LogP contribution in [0.2, 0.25) is 0 Å². The third kappa shape index (κ3) is 6.58. The average molecular weight is 602 g/mol. The number of nitrogens with zero attached hydrogens (tertiary/aromatic N) is 3. The molecule has 2 N–H and O–H groups in total. The molecule has 3 aromatic rings. The molecule has 3 amide bonds. The maximum absolute atomic E-state index is 13.2. The summed E-state index contributed by atoms with van der Waals surface area (Å²) < 4.78 is 33.5. The van der Waals surface area contributed by atoms with Crippen molar-refractivity contribution < 1.29 is 27.9 Å². The number of imidazole rings is 1. The topological polar surface area (TPSA) is 106 Å². The molecule has 1 aromatic carbocycles. The van der Waals surface area contributed by atoms with Gasteiger partial charge in [0.05, 0.1) is 20.8 Å². The first kappa shape index (κ1) is 29.9. The van der Waals surface area contributed by atoms with E-state index in [1.807, 2.05) is 22.8 Å². The molecule has 0 bridgehead atoms. The minimum absolute atomic E-state index is 0.0140. The third-order valence-electron chi connectivity index (χ3n) is 7.84. The van der Waals surface area contributed by atoms with E-state index in [0.717, 1.165) is 49.0 Å². The molecule has 2 saturated carbocycles. The van der Waals surface area contributed by atoms with Crippen LogP contribution in [-0.2, 0) is 9.53 Å². The van der Waals surface area contributed by atoms with Crippen molar-refractivity contribution in [1.29, 1.82) is 0 Å². The first-order chi connectivity index (χ1) is 19.9. The lowest BCUT2D eigenvalue weighted by atomic mass is 9.86. The largest absolute Gasteiger partial charge is 0.444 e. The van der Waals surface area contributed by atoms with E-state index in [1.54, 1.807) is 32.7 Å². The second-order valence-electron chi connectivity index (χ2n) is 12.1. The molecule has 2 aromatic heterocycles. The number of halogens is 2. The number of fused-ring (bicyclic) bond motifs is 1. The Morgan fingerprint density at radius 1 is 1.10 bits per heavy atom. The molecule has 42 heavy (non-hydrogen) atoms. The number of carbonyl (C=O) groups excluding carboxylic acids is 3. The Labute approximate surface area is 247 Å². The van der Waals surface area contributed by atoms with E-state index in [1.165, 1.54) is 12.1 Å². The van der Waals surface area contributed by atoms with Gasteiger partial charge in [0.2, 0.25) is 11.9 Å². The highest BCUT2D eigenvalue weighted by molar-refractivity contribution is 7.14. The van der Waals surface area contributed by atoms with Crippen molar-refractivity contribution in [1.82, 2.24) is 14.9 Å². The lowest BCUT2D eigenvalue weighted by molar-refractivity contribution is -0.123. The summed E-state index contributed by atoms with van der Waals surface area (Å²) in [6, 6.07) is 8.01. The Kier molecular flexibility index (Phi) is 8.54. The minimum Gasteiger partial charge on any atom is -0.444 e. The van der Waals surface area contributed by atoms with Gasteiger partial charge < -0.3 is 19.5 Å². The molecule has 226 valence electrons. The molecule has 0 spiro atoms. The lowest BCUT2D eigenvalue weighted by Gasteiger charge is -2.37. The second-order valence-corrected chi connectivity index (χ2v) is 13.3. The number of anilines is 2. The first-order valence-corrected chi connectivity index (χ1v) is 15.2. The highest BCUT2D eigenvalue weighted by Gasteiger charge is 2.36. The molecule has 9 nitrogen and oxygen atoms in total. The van der Waals surface area contributed by atoms with Gasteiger partial charge in [0.15, 0.2) is 0 Å². The fourth-order valence-electron chi connectivity index (χ4n) is 5.65. The molecule has 0 saturated heterocycles. The molecule has 2 fully saturated rings. The quantitative estimate of drug-likeness (QED) is 0.302. The van der Waals surface area contributed by atoms with Crippen LogP contribution >= 0.6 is 11.3 Å². The highest BCUT2D eigenvalue weighted by Crippen LogP contribution is 2.39. The Morgan fingerprint density at radius 3 is 2.45 bits per heavy atom. The van der Waals surface area contributed by atoms with Crippen molar-refractivity contribution in [2.75, 3.05) is 17.3 Å². The van der Waals surface area contributed by atoms with E-state index in [0.29, 0.717) is 24.0 Å². The summed E-state index contributed by atoms with van der Waals surface area (Å²) in [5.74, 6) is -0.151. The van der Waals surface area contributed by atoms with Gasteiger partial charge in [-0.05, 0) is 76.8 Å². The number of hydrogen-bond acceptors (Lipinski definition) is 6. The van der Waals surface area contributed by atoms with E-state index < -0.39 is 24.0 Å². The molecule has 2 aliphatic rings. The van der Waals surface area contributed by atoms with Gasteiger partial charge in [-0.15, -0.1) is 11.3 Å². The van der Waals surface area contributed by atoms with Crippen LogP contribution in [0.4, 0.5) is 25.2 Å². The van der Waals surface area contributed by atoms with Crippen molar-refractivity contribution in [2.45, 2.75) is 89.8 Å². The molecule has 5 rings (SSSR count). The summed E-state index contributed by atoms with van der Waals surface area (Å²) in [6.45, 7) is 5.40. The van der Waals surface area contributed by atoms with Crippen molar-refractivity contribution in [2.24, 2.45) is 5.92 Å². The SMILES string of the molecule is CN(C(=O)C1CCCCC1)c1ccc2c(c1)nc(NC(=O)c1ccc(C(F)F)s1)n2C1CC(NC(=O)OC(C)(C)C)C1. The van der Waals surface area contributed by atoms with Crippen molar-refractivity contribution in [3.63, 3.8) is 0 Å². The smallest absolute Gasteiger partial charge is 0.407 e. The Bertz CT molecular complexity index is 1470. The van der Waals surface area contributed by atoms with Gasteiger partial charge in [0, 0.05) is 30.7 Å². The summed E-state index contributed by atoms with van der Waals surface area (Å²) in [7, 11) is 1.77. The van der Waals surface area contributed by atoms with E-state index in [2.05, 4.69) is 10.6 Å². The van der Waals surface area contributed by atoms with Crippen molar-refractivity contribution >= 4 is 51.9 Å². The average Bonchev–Trinajstić information content (AvgIpc) is 3.54. The number of nitrogens with one attached hydrogen (secondary N) is 2. The first-order valence-electron chi connectivity index (χ1n) is 14.4. The zero-order valence-electron chi connectivity index (χ0n) is 24.3. The number of carbonyl (C=O) groups is 3. The van der Waals surface area contributed by atoms with E-state index in [-0.39, 0.29) is 39.6 Å². The maximum atomic E-state index is 13.2. The van der Waals surface area contributed by atoms with Gasteiger partial charge in [-0.2, -0.15) is 0 Å². The van der Waals surface area contributed by atoms with Gasteiger partial charge in [0.25, 0.3) is 12.3 Å². The number of hydrogen-bond donors (Lipinski definition) is 2. The number of ether oxygens (including phenoxy) is 1. The summed E-state index contributed by atoms with van der Waals surface area (Å²) in [6.07, 6.45) is 3.10. The highest BCUT2D eigenvalue weighted by atomic mass is 32.1. The predicted molar refractivity (Wildman–Crippen MR) is 158 cm³/mol. The van der Waals surface area contributed by atoms with Crippen LogP contribution in [0.3, 0.4) is 0 Å². The van der Waals surface area contributed by atoms with Crippen molar-refractivity contribution in [3.8, 4) is 0 Å². The molecular formula is C30H37F2N5O4S. The third-order valence-corrected chi connectivity index (χ3v) is 8.93. The van der Waals surface area contributed by atoms with E-state index >= 15 is 0 Å². The predicted octanol–water partition coefficient (Wildman–Crippen LogP) is 7.06. The molecule has 2 aliphatic carbocycles. The van der Waals surface area contributed by atoms with Gasteiger partial charge in [-0.3, -0.25) is 14.9 Å². The Hall–Kier alpha value is -3.54. The molecule has 0 radical (unpaired) electrons. The minimum atomic E-state index is -2.66. The Balaban J connectivity index is 1.40. The van der Waals surface area contributed by atoms with E-state index in [9.17, 15) is 23.2 Å². The second kappa shape index (κ2) is 12.0. The maximum Gasteiger partial charge on any atom is 0.407 e. The van der Waals surface area contributed by atoms with Gasteiger partial charge >= 0.3 is 6.09 Å². The number of thiophene rings is 1. The number of rotatable bonds is 7. The number of alkyl carbamates (subject to hydrolysis) is 1. The van der Waals surface area contributed by atoms with Crippen LogP contribution in [0.15, 0.2) is 30.3 Å². The van der Waals surface area contributed by atoms with Crippen LogP contribution in [-0.4, -0.2) is 46.1 Å². The van der Waals surface area contributed by atoms with Crippen LogP contribution < -0.4 is 15.5 Å². The van der Waals surface area contributed by atoms with Crippen LogP contribution in [0, 0.1) is 5.92 Å². The monoisotopic (exact) mass is 601 g/mol. The molecule has 0 unspecified atom stereocenters. The molecule has 0 aliphatic heterocycles. The van der Waals surface area contributed by atoms with E-state index in [4.69, 9.17) is 9.72 Å². The fourth-order valence-corrected chi connectivity index (χ4v) is 6.41. The summed E-state index contributed by atoms with van der Waals surface area (Å²) in [5, 5.41) is 5.70. The molecule has 0 atom stereocenters. The Morgan fingerprint density at radius 2 is 1.81 bits per heavy atom. The molecule has 2 heterocycles. The molecular weight excluding hydrogens is 564 g/mol. The van der Waals surface area contributed by atoms with Gasteiger partial charge in [-0.25, -0.2) is 18.6 Å². The summed E-state index contributed by atoms with van der Waals surface area (Å²) in [4.78, 5) is 44.9. The van der Waals surface area contributed by atoms with Crippen LogP contribution in [0.5, 0.6) is 0 Å². The molecule has 12 heteroatoms. The lowest BCUT2D eigenvalue weighted by Crippen LogP contribution is -2.46. The van der Waals surface area contributed by atoms with Crippen molar-refractivity contribution in [3.05, 3.63) is 40.1 Å². The summed E-state index contributed by atoms with van der Waals surface area (Å²) in [5.41, 5.74) is 1.45. The number of benzene rings is 1. The zero-order chi connectivity index (χ0) is 30.2. The number of aromatic nitrogens is 2. The zero-order valence-corrected chi connectivity index (χ0v) is 25.1. The number of amides is 3. The summed E-state index contributed by atoms with van der Waals surface area (Å²) >= 11 is 0.739. The van der Waals surface area contributed by atoms with Gasteiger partial charge in [0.1, 0.15) is 5.60 Å². The van der Waals surface area contributed by atoms with Crippen LogP contribution in [0.1, 0.15) is 92.7 Å². The number of alkyl halides is 2. The van der Waals surface area contributed by atoms with Crippen LogP contribution in [0.25, 0.3) is 11.0 Å².